The molecule has 2 N–H and O–H groups in total. The molecule has 0 aliphatic rings. The van der Waals surface area contributed by atoms with E-state index in [-0.39, 0.29) is 11.3 Å². The fourth-order valence-electron chi connectivity index (χ4n) is 2.33. The van der Waals surface area contributed by atoms with Gasteiger partial charge >= 0.3 is 0 Å². The van der Waals surface area contributed by atoms with Gasteiger partial charge in [0.15, 0.2) is 11.6 Å². The third-order valence-corrected chi connectivity index (χ3v) is 3.75. The van der Waals surface area contributed by atoms with Crippen LogP contribution in [0.15, 0.2) is 48.5 Å². The Morgan fingerprint density at radius 1 is 1.24 bits per heavy atom. The van der Waals surface area contributed by atoms with Crippen LogP contribution >= 0.6 is 0 Å². The molecule has 0 aliphatic heterocycles. The molecule has 2 aromatic rings. The minimum atomic E-state index is -1.02. The van der Waals surface area contributed by atoms with Gasteiger partial charge in [-0.2, -0.15) is 0 Å². The third-order valence-electron chi connectivity index (χ3n) is 3.75. The van der Waals surface area contributed by atoms with E-state index >= 15 is 0 Å². The molecule has 132 valence electrons. The number of halogens is 2. The van der Waals surface area contributed by atoms with Gasteiger partial charge in [-0.15, -0.1) is 0 Å². The average molecular weight is 348 g/mol. The summed E-state index contributed by atoms with van der Waals surface area (Å²) in [4.78, 5) is 10.5. The molecule has 0 saturated carbocycles. The number of nitrogens with zero attached hydrogens (tertiary/aromatic N) is 1. The van der Waals surface area contributed by atoms with E-state index in [4.69, 9.17) is 0 Å². The number of nitrogens with one attached hydrogen (secondary N) is 1. The smallest absolute Gasteiger partial charge is 0.276 e. The summed E-state index contributed by atoms with van der Waals surface area (Å²) in [6, 6.07) is 9.17. The zero-order valence-corrected chi connectivity index (χ0v) is 13.5. The molecule has 0 bridgehead atoms. The van der Waals surface area contributed by atoms with Crippen LogP contribution in [0.25, 0.3) is 6.08 Å². The monoisotopic (exact) mass is 348 g/mol. The van der Waals surface area contributed by atoms with Gasteiger partial charge in [-0.3, -0.25) is 10.1 Å². The van der Waals surface area contributed by atoms with E-state index in [1.807, 2.05) is 0 Å². The quantitative estimate of drug-likeness (QED) is 0.592. The number of nitro benzene ring substituents is 1. The lowest BCUT2D eigenvalue weighted by molar-refractivity contribution is -0.385. The second-order valence-corrected chi connectivity index (χ2v) is 5.53. The maximum atomic E-state index is 13.2. The van der Waals surface area contributed by atoms with Crippen LogP contribution in [-0.4, -0.2) is 22.6 Å². The highest BCUT2D eigenvalue weighted by molar-refractivity contribution is 5.60. The summed E-state index contributed by atoms with van der Waals surface area (Å²) in [6.07, 6.45) is 2.29. The first-order valence-corrected chi connectivity index (χ1v) is 7.66. The lowest BCUT2D eigenvalue weighted by Gasteiger charge is -2.20. The van der Waals surface area contributed by atoms with Crippen LogP contribution in [0.1, 0.15) is 24.2 Å². The van der Waals surface area contributed by atoms with Gasteiger partial charge in [0.05, 0.1) is 16.6 Å². The van der Waals surface area contributed by atoms with Gasteiger partial charge in [0, 0.05) is 18.7 Å². The number of rotatable bonds is 7. The summed E-state index contributed by atoms with van der Waals surface area (Å²) in [7, 11) is 0. The standard InChI is InChI=1S/C18H18F2N2O3/c1-12(18(23)14-8-9-15(19)16(20)11-14)21-10-4-6-13-5-2-3-7-17(13)22(24)25/h2-9,11-12,18,21,23H,10H2,1H3/b6-4+. The predicted octanol–water partition coefficient (Wildman–Crippen LogP) is 3.60. The van der Waals surface area contributed by atoms with Gasteiger partial charge in [-0.1, -0.05) is 30.4 Å². The predicted molar refractivity (Wildman–Crippen MR) is 90.9 cm³/mol. The highest BCUT2D eigenvalue weighted by atomic mass is 19.2. The van der Waals surface area contributed by atoms with Gasteiger partial charge in [-0.05, 0) is 30.7 Å². The van der Waals surface area contributed by atoms with E-state index in [2.05, 4.69) is 5.32 Å². The number of aliphatic hydroxyl groups excluding tert-OH is 1. The van der Waals surface area contributed by atoms with Crippen molar-refractivity contribution in [2.24, 2.45) is 0 Å². The van der Waals surface area contributed by atoms with Gasteiger partial charge in [0.1, 0.15) is 0 Å². The van der Waals surface area contributed by atoms with Crippen LogP contribution in [0.3, 0.4) is 0 Å². The molecule has 0 radical (unpaired) electrons. The van der Waals surface area contributed by atoms with Crippen molar-refractivity contribution in [2.75, 3.05) is 6.54 Å². The van der Waals surface area contributed by atoms with Crippen LogP contribution in [0.5, 0.6) is 0 Å². The molecular formula is C18H18F2N2O3. The van der Waals surface area contributed by atoms with E-state index in [1.54, 1.807) is 37.3 Å². The zero-order valence-electron chi connectivity index (χ0n) is 13.5. The molecule has 2 rings (SSSR count). The van der Waals surface area contributed by atoms with Crippen molar-refractivity contribution in [1.29, 1.82) is 0 Å². The first-order chi connectivity index (χ1) is 11.9. The van der Waals surface area contributed by atoms with Crippen molar-refractivity contribution in [3.63, 3.8) is 0 Å². The molecule has 0 spiro atoms. The molecule has 25 heavy (non-hydrogen) atoms. The van der Waals surface area contributed by atoms with Crippen molar-refractivity contribution in [3.05, 3.63) is 81.4 Å². The Labute approximate surface area is 143 Å². The highest BCUT2D eigenvalue weighted by Gasteiger charge is 2.17. The Hall–Kier alpha value is -2.64. The zero-order chi connectivity index (χ0) is 18.4. The first kappa shape index (κ1) is 18.7. The second-order valence-electron chi connectivity index (χ2n) is 5.53. The van der Waals surface area contributed by atoms with Gasteiger partial charge in [0.25, 0.3) is 5.69 Å². The van der Waals surface area contributed by atoms with Gasteiger partial charge in [0.2, 0.25) is 0 Å². The lowest BCUT2D eigenvalue weighted by atomic mass is 10.0. The van der Waals surface area contributed by atoms with Crippen molar-refractivity contribution < 1.29 is 18.8 Å². The van der Waals surface area contributed by atoms with Crippen LogP contribution in [0, 0.1) is 21.7 Å². The molecule has 0 saturated heterocycles. The Kier molecular flexibility index (Phi) is 6.32. The number of nitro groups is 1. The Morgan fingerprint density at radius 3 is 2.64 bits per heavy atom. The normalized spacial score (nSPS) is 13.8. The van der Waals surface area contributed by atoms with Crippen molar-refractivity contribution in [2.45, 2.75) is 19.1 Å². The van der Waals surface area contributed by atoms with Crippen LogP contribution in [0.2, 0.25) is 0 Å². The minimum Gasteiger partial charge on any atom is -0.387 e. The van der Waals surface area contributed by atoms with E-state index in [1.165, 1.54) is 12.1 Å². The summed E-state index contributed by atoms with van der Waals surface area (Å²) in [5.41, 5.74) is 0.748. The highest BCUT2D eigenvalue weighted by Crippen LogP contribution is 2.20. The third kappa shape index (κ3) is 4.91. The molecule has 2 unspecified atom stereocenters. The Bertz CT molecular complexity index is 781. The largest absolute Gasteiger partial charge is 0.387 e. The number of para-hydroxylation sites is 1. The molecule has 7 heteroatoms. The minimum absolute atomic E-state index is 0.00798. The summed E-state index contributed by atoms with van der Waals surface area (Å²) in [5, 5.41) is 24.1. The Balaban J connectivity index is 1.94. The molecule has 0 fully saturated rings. The average Bonchev–Trinajstić information content (AvgIpc) is 2.60. The van der Waals surface area contributed by atoms with Crippen molar-refractivity contribution >= 4 is 11.8 Å². The summed E-state index contributed by atoms with van der Waals surface area (Å²) in [6.45, 7) is 2.04. The molecule has 2 atom stereocenters. The molecule has 0 amide bonds. The topological polar surface area (TPSA) is 75.4 Å². The SMILES string of the molecule is CC(NC/C=C/c1ccccc1[N+](=O)[O-])C(O)c1ccc(F)c(F)c1. The molecular weight excluding hydrogens is 330 g/mol. The maximum Gasteiger partial charge on any atom is 0.276 e. The van der Waals surface area contributed by atoms with Crippen molar-refractivity contribution in [3.8, 4) is 0 Å². The number of hydrogen-bond acceptors (Lipinski definition) is 4. The van der Waals surface area contributed by atoms with Crippen molar-refractivity contribution in [1.82, 2.24) is 5.32 Å². The summed E-state index contributed by atoms with van der Waals surface area (Å²) < 4.78 is 26.2. The number of benzene rings is 2. The van der Waals surface area contributed by atoms with Gasteiger partial charge < -0.3 is 10.4 Å². The fraction of sp³-hybridized carbons (Fsp3) is 0.222. The Morgan fingerprint density at radius 2 is 1.96 bits per heavy atom. The molecule has 5 nitrogen and oxygen atoms in total. The van der Waals surface area contributed by atoms with Gasteiger partial charge in [-0.25, -0.2) is 8.78 Å². The molecule has 0 aromatic heterocycles. The maximum absolute atomic E-state index is 13.2. The van der Waals surface area contributed by atoms with Crippen LogP contribution < -0.4 is 5.32 Å². The summed E-state index contributed by atoms with van der Waals surface area (Å²) in [5.74, 6) is -1.98. The first-order valence-electron chi connectivity index (χ1n) is 7.66. The van der Waals surface area contributed by atoms with E-state index in [9.17, 15) is 24.0 Å². The van der Waals surface area contributed by atoms with E-state index in [0.717, 1.165) is 12.1 Å². The lowest BCUT2D eigenvalue weighted by Crippen LogP contribution is -2.32. The number of aliphatic hydroxyl groups is 1. The van der Waals surface area contributed by atoms with E-state index in [0.29, 0.717) is 12.1 Å². The molecule has 0 aliphatic carbocycles. The summed E-state index contributed by atoms with van der Waals surface area (Å²) >= 11 is 0. The molecule has 2 aromatic carbocycles. The van der Waals surface area contributed by atoms with Crippen LogP contribution in [-0.2, 0) is 0 Å². The van der Waals surface area contributed by atoms with Crippen LogP contribution in [0.4, 0.5) is 14.5 Å². The molecule has 0 heterocycles. The second kappa shape index (κ2) is 8.46. The number of hydrogen-bond donors (Lipinski definition) is 2. The fourth-order valence-corrected chi connectivity index (χ4v) is 2.33. The van der Waals surface area contributed by atoms with E-state index < -0.39 is 28.7 Å².